The van der Waals surface area contributed by atoms with Crippen molar-refractivity contribution in [3.8, 4) is 0 Å². The molecule has 0 unspecified atom stereocenters. The number of carbonyl (C=O) groups is 3. The number of alkyl halides is 3. The van der Waals surface area contributed by atoms with Crippen LogP contribution in [0.2, 0.25) is 5.02 Å². The van der Waals surface area contributed by atoms with E-state index >= 15 is 0 Å². The van der Waals surface area contributed by atoms with E-state index in [1.165, 1.54) is 23.1 Å². The number of ketones is 1. The lowest BCUT2D eigenvalue weighted by Crippen LogP contribution is -2.57. The van der Waals surface area contributed by atoms with Crippen molar-refractivity contribution in [3.05, 3.63) is 64.7 Å². The van der Waals surface area contributed by atoms with Gasteiger partial charge in [-0.3, -0.25) is 14.4 Å². The summed E-state index contributed by atoms with van der Waals surface area (Å²) in [6.07, 6.45) is -1.82. The second-order valence-corrected chi connectivity index (χ2v) is 11.6. The predicted molar refractivity (Wildman–Crippen MR) is 148 cm³/mol. The fraction of sp³-hybridized carbons (Fsp3) is 0.500. The highest BCUT2D eigenvalue weighted by Gasteiger charge is 2.62. The molecule has 0 aliphatic carbocycles. The molecule has 220 valence electrons. The number of likely N-dealkylation sites (tertiary alicyclic amines) is 2. The van der Waals surface area contributed by atoms with Crippen molar-refractivity contribution in [1.82, 2.24) is 9.80 Å². The topological polar surface area (TPSA) is 81.2 Å². The van der Waals surface area contributed by atoms with Gasteiger partial charge in [-0.1, -0.05) is 41.9 Å². The Morgan fingerprint density at radius 1 is 0.854 bits per heavy atom. The lowest BCUT2D eigenvalue weighted by Gasteiger charge is -2.42. The van der Waals surface area contributed by atoms with Crippen molar-refractivity contribution < 1.29 is 32.7 Å². The SMILES string of the molecule is O=C1CCN(C(=O)c2ccc(N3CCC(C4CCN(C(=O)[C@](O)(c5ccccc5)C(F)(F)F)CC4)CC3)cc2Cl)C1. The summed E-state index contributed by atoms with van der Waals surface area (Å²) < 4.78 is 41.9. The zero-order valence-electron chi connectivity index (χ0n) is 22.6. The quantitative estimate of drug-likeness (QED) is 0.547. The molecule has 0 radical (unpaired) electrons. The Hall–Kier alpha value is -3.11. The largest absolute Gasteiger partial charge is 0.430 e. The number of aliphatic hydroxyl groups is 1. The van der Waals surface area contributed by atoms with E-state index in [1.54, 1.807) is 12.1 Å². The van der Waals surface area contributed by atoms with E-state index in [0.29, 0.717) is 42.3 Å². The van der Waals surface area contributed by atoms with Gasteiger partial charge < -0.3 is 19.8 Å². The first-order chi connectivity index (χ1) is 19.5. The predicted octanol–water partition coefficient (Wildman–Crippen LogP) is 4.66. The molecule has 0 spiro atoms. The third kappa shape index (κ3) is 5.81. The minimum absolute atomic E-state index is 0.0428. The Morgan fingerprint density at radius 3 is 2.00 bits per heavy atom. The highest BCUT2D eigenvalue weighted by Crippen LogP contribution is 2.42. The number of hydrogen-bond acceptors (Lipinski definition) is 5. The Morgan fingerprint density at radius 2 is 1.46 bits per heavy atom. The lowest BCUT2D eigenvalue weighted by atomic mass is 9.78. The van der Waals surface area contributed by atoms with Crippen LogP contribution in [0.4, 0.5) is 18.9 Å². The van der Waals surface area contributed by atoms with Crippen molar-refractivity contribution in [2.75, 3.05) is 44.2 Å². The van der Waals surface area contributed by atoms with Crippen molar-refractivity contribution in [2.45, 2.75) is 43.9 Å². The van der Waals surface area contributed by atoms with E-state index in [2.05, 4.69) is 4.90 Å². The maximum Gasteiger partial charge on any atom is 0.430 e. The summed E-state index contributed by atoms with van der Waals surface area (Å²) in [6.45, 7) is 2.41. The summed E-state index contributed by atoms with van der Waals surface area (Å²) in [4.78, 5) is 42.2. The van der Waals surface area contributed by atoms with Crippen LogP contribution in [0, 0.1) is 11.8 Å². The first kappa shape index (κ1) is 29.4. The van der Waals surface area contributed by atoms with E-state index in [1.807, 2.05) is 6.07 Å². The molecular formula is C30H33ClF3N3O4. The maximum absolute atomic E-state index is 14.0. The van der Waals surface area contributed by atoms with E-state index < -0.39 is 23.2 Å². The third-order valence-electron chi connectivity index (χ3n) is 8.81. The van der Waals surface area contributed by atoms with Crippen molar-refractivity contribution in [3.63, 3.8) is 0 Å². The first-order valence-corrected chi connectivity index (χ1v) is 14.4. The van der Waals surface area contributed by atoms with Crippen LogP contribution in [0.15, 0.2) is 48.5 Å². The number of benzene rings is 2. The molecule has 1 atom stereocenters. The Kier molecular flexibility index (Phi) is 8.34. The summed E-state index contributed by atoms with van der Waals surface area (Å²) >= 11 is 6.47. The fourth-order valence-electron chi connectivity index (χ4n) is 6.37. The maximum atomic E-state index is 14.0. The van der Waals surface area contributed by atoms with Gasteiger partial charge in [-0.25, -0.2) is 0 Å². The molecule has 3 aliphatic heterocycles. The van der Waals surface area contributed by atoms with Crippen molar-refractivity contribution in [2.24, 2.45) is 11.8 Å². The zero-order chi connectivity index (χ0) is 29.4. The van der Waals surface area contributed by atoms with Crippen LogP contribution in [-0.2, 0) is 15.2 Å². The minimum atomic E-state index is -5.14. The molecule has 7 nitrogen and oxygen atoms in total. The normalized spacial score (nSPS) is 20.8. The molecule has 2 amide bonds. The molecule has 3 heterocycles. The van der Waals surface area contributed by atoms with Crippen LogP contribution in [-0.4, -0.2) is 77.9 Å². The van der Waals surface area contributed by atoms with Crippen LogP contribution in [0.5, 0.6) is 0 Å². The molecule has 2 aromatic rings. The number of nitrogens with zero attached hydrogens (tertiary/aromatic N) is 3. The van der Waals surface area contributed by atoms with E-state index in [4.69, 9.17) is 11.6 Å². The Balaban J connectivity index is 1.16. The van der Waals surface area contributed by atoms with Crippen molar-refractivity contribution >= 4 is 34.9 Å². The zero-order valence-corrected chi connectivity index (χ0v) is 23.3. The number of anilines is 1. The second-order valence-electron chi connectivity index (χ2n) is 11.2. The van der Waals surface area contributed by atoms with Gasteiger partial charge in [-0.2, -0.15) is 13.2 Å². The highest BCUT2D eigenvalue weighted by molar-refractivity contribution is 6.34. The molecule has 41 heavy (non-hydrogen) atoms. The summed E-state index contributed by atoms with van der Waals surface area (Å²) in [5, 5.41) is 11.0. The van der Waals surface area contributed by atoms with Crippen LogP contribution in [0.3, 0.4) is 0 Å². The molecule has 2 aromatic carbocycles. The van der Waals surface area contributed by atoms with E-state index in [9.17, 15) is 32.7 Å². The molecule has 5 rings (SSSR count). The van der Waals surface area contributed by atoms with Crippen LogP contribution in [0.1, 0.15) is 48.0 Å². The van der Waals surface area contributed by atoms with Gasteiger partial charge in [0.15, 0.2) is 5.78 Å². The molecule has 0 aromatic heterocycles. The smallest absolute Gasteiger partial charge is 0.371 e. The van der Waals surface area contributed by atoms with Crippen LogP contribution >= 0.6 is 11.6 Å². The van der Waals surface area contributed by atoms with Gasteiger partial charge >= 0.3 is 6.18 Å². The molecule has 0 saturated carbocycles. The van der Waals surface area contributed by atoms with E-state index in [-0.39, 0.29) is 37.2 Å². The minimum Gasteiger partial charge on any atom is -0.371 e. The lowest BCUT2D eigenvalue weighted by molar-refractivity contribution is -0.262. The number of rotatable bonds is 5. The van der Waals surface area contributed by atoms with Gasteiger partial charge in [0.25, 0.3) is 17.4 Å². The molecule has 0 bridgehead atoms. The van der Waals surface area contributed by atoms with Crippen molar-refractivity contribution in [1.29, 1.82) is 0 Å². The number of halogens is 4. The summed E-state index contributed by atoms with van der Waals surface area (Å²) in [5.74, 6) is -0.860. The number of hydrogen-bond donors (Lipinski definition) is 1. The van der Waals surface area contributed by atoms with Gasteiger partial charge in [-0.15, -0.1) is 0 Å². The van der Waals surface area contributed by atoms with Crippen LogP contribution < -0.4 is 4.90 Å². The first-order valence-electron chi connectivity index (χ1n) is 14.0. The number of carbonyl (C=O) groups excluding carboxylic acids is 3. The van der Waals surface area contributed by atoms with E-state index in [0.717, 1.165) is 48.7 Å². The summed E-state index contributed by atoms with van der Waals surface area (Å²) in [6, 6.07) is 11.9. The fourth-order valence-corrected chi connectivity index (χ4v) is 6.62. The number of Topliss-reactive ketones (excluding diaryl/α,β-unsaturated/α-hetero) is 1. The van der Waals surface area contributed by atoms with Crippen LogP contribution in [0.25, 0.3) is 0 Å². The molecular weight excluding hydrogens is 559 g/mol. The molecule has 3 fully saturated rings. The molecule has 11 heteroatoms. The summed E-state index contributed by atoms with van der Waals surface area (Å²) in [7, 11) is 0. The standard InChI is InChI=1S/C30H33ClF3N3O4/c31-26-18-23(6-7-25(26)27(39)37-17-12-24(38)19-37)35-13-8-20(9-14-35)21-10-15-36(16-11-21)28(40)29(41,30(32,33)34)22-4-2-1-3-5-22/h1-7,18,20-21,41H,8-17,19H2/t29-/m1/s1. The van der Waals surface area contributed by atoms with Gasteiger partial charge in [-0.05, 0) is 55.7 Å². The Labute approximate surface area is 241 Å². The monoisotopic (exact) mass is 591 g/mol. The van der Waals surface area contributed by atoms with Gasteiger partial charge in [0.2, 0.25) is 0 Å². The average molecular weight is 592 g/mol. The number of amides is 2. The van der Waals surface area contributed by atoms with Gasteiger partial charge in [0.05, 0.1) is 17.1 Å². The Bertz CT molecular complexity index is 1290. The molecule has 1 N–H and O–H groups in total. The van der Waals surface area contributed by atoms with Gasteiger partial charge in [0, 0.05) is 50.4 Å². The highest BCUT2D eigenvalue weighted by atomic mass is 35.5. The average Bonchev–Trinajstić information content (AvgIpc) is 3.42. The summed E-state index contributed by atoms with van der Waals surface area (Å²) in [5.41, 5.74) is -2.75. The molecule has 3 aliphatic rings. The number of piperidine rings is 2. The second kappa shape index (κ2) is 11.6. The molecule has 3 saturated heterocycles. The van der Waals surface area contributed by atoms with Gasteiger partial charge in [0.1, 0.15) is 0 Å². The third-order valence-corrected chi connectivity index (χ3v) is 9.12.